The van der Waals surface area contributed by atoms with E-state index in [2.05, 4.69) is 0 Å². The van der Waals surface area contributed by atoms with E-state index in [0.717, 1.165) is 5.56 Å². The first kappa shape index (κ1) is 11.0. The molecule has 0 bridgehead atoms. The summed E-state index contributed by atoms with van der Waals surface area (Å²) in [4.78, 5) is 0. The van der Waals surface area contributed by atoms with E-state index in [1.54, 1.807) is 29.5 Å². The van der Waals surface area contributed by atoms with Crippen LogP contribution in [-0.2, 0) is 6.61 Å². The lowest BCUT2D eigenvalue weighted by Crippen LogP contribution is -1.94. The van der Waals surface area contributed by atoms with E-state index in [4.69, 9.17) is 21.6 Å². The zero-order valence-corrected chi connectivity index (χ0v) is 9.89. The van der Waals surface area contributed by atoms with E-state index in [1.165, 1.54) is 0 Å². The van der Waals surface area contributed by atoms with Crippen LogP contribution >= 0.6 is 22.9 Å². The maximum absolute atomic E-state index is 8.68. The molecule has 0 atom stereocenters. The number of ether oxygens (including phenoxy) is 1. The van der Waals surface area contributed by atoms with Crippen LogP contribution in [0.15, 0.2) is 35.0 Å². The van der Waals surface area contributed by atoms with E-state index >= 15 is 0 Å². The Hall–Kier alpha value is -1.50. The van der Waals surface area contributed by atoms with Gasteiger partial charge < -0.3 is 4.74 Å². The van der Waals surface area contributed by atoms with Gasteiger partial charge in [-0.2, -0.15) is 16.6 Å². The Morgan fingerprint density at radius 2 is 2.25 bits per heavy atom. The quantitative estimate of drug-likeness (QED) is 0.828. The molecule has 0 N–H and O–H groups in total. The molecule has 4 heteroatoms. The molecule has 0 amide bonds. The third-order valence-electron chi connectivity index (χ3n) is 2.04. The molecule has 1 aromatic heterocycles. The Balaban J connectivity index is 2.08. The Labute approximate surface area is 103 Å². The van der Waals surface area contributed by atoms with Gasteiger partial charge in [-0.15, -0.1) is 0 Å². The summed E-state index contributed by atoms with van der Waals surface area (Å²) >= 11 is 7.60. The van der Waals surface area contributed by atoms with Crippen LogP contribution < -0.4 is 4.74 Å². The zero-order chi connectivity index (χ0) is 11.4. The van der Waals surface area contributed by atoms with Crippen molar-refractivity contribution in [2.75, 3.05) is 0 Å². The predicted octanol–water partition coefficient (Wildman–Crippen LogP) is 3.85. The average Bonchev–Trinajstić information content (AvgIpc) is 2.80. The van der Waals surface area contributed by atoms with E-state index in [9.17, 15) is 0 Å². The highest BCUT2D eigenvalue weighted by Gasteiger charge is 2.03. The van der Waals surface area contributed by atoms with Crippen molar-refractivity contribution >= 4 is 22.9 Å². The van der Waals surface area contributed by atoms with Crippen LogP contribution in [0.1, 0.15) is 11.1 Å². The molecular weight excluding hydrogens is 242 g/mol. The molecule has 0 aliphatic heterocycles. The van der Waals surface area contributed by atoms with E-state index in [1.807, 2.05) is 22.9 Å². The van der Waals surface area contributed by atoms with Crippen LogP contribution in [0.3, 0.4) is 0 Å². The van der Waals surface area contributed by atoms with Gasteiger partial charge >= 0.3 is 0 Å². The van der Waals surface area contributed by atoms with Crippen LogP contribution in [0.2, 0.25) is 5.02 Å². The maximum atomic E-state index is 8.68. The second kappa shape index (κ2) is 5.02. The summed E-state index contributed by atoms with van der Waals surface area (Å²) in [6.07, 6.45) is 0. The molecule has 1 aromatic carbocycles. The fourth-order valence-corrected chi connectivity index (χ4v) is 2.11. The van der Waals surface area contributed by atoms with Gasteiger partial charge in [-0.3, -0.25) is 0 Å². The standard InChI is InChI=1S/C12H8ClNOS/c13-11-5-9(6-14)1-2-12(11)15-7-10-3-4-16-8-10/h1-5,8H,7H2. The maximum Gasteiger partial charge on any atom is 0.138 e. The summed E-state index contributed by atoms with van der Waals surface area (Å²) < 4.78 is 5.55. The minimum Gasteiger partial charge on any atom is -0.487 e. The average molecular weight is 250 g/mol. The number of rotatable bonds is 3. The molecule has 2 aromatic rings. The molecule has 80 valence electrons. The first-order chi connectivity index (χ1) is 7.79. The lowest BCUT2D eigenvalue weighted by Gasteiger charge is -2.06. The van der Waals surface area contributed by atoms with Crippen molar-refractivity contribution in [2.24, 2.45) is 0 Å². The molecule has 0 aliphatic rings. The van der Waals surface area contributed by atoms with Crippen LogP contribution in [0.5, 0.6) is 5.75 Å². The Morgan fingerprint density at radius 3 is 2.88 bits per heavy atom. The first-order valence-corrected chi connectivity index (χ1v) is 5.95. The monoisotopic (exact) mass is 249 g/mol. The van der Waals surface area contributed by atoms with Gasteiger partial charge in [0, 0.05) is 0 Å². The van der Waals surface area contributed by atoms with Crippen molar-refractivity contribution in [3.63, 3.8) is 0 Å². The highest BCUT2D eigenvalue weighted by molar-refractivity contribution is 7.07. The Morgan fingerprint density at radius 1 is 1.38 bits per heavy atom. The molecular formula is C12H8ClNOS. The molecule has 0 saturated carbocycles. The third-order valence-corrected chi connectivity index (χ3v) is 3.06. The van der Waals surface area contributed by atoms with E-state index in [-0.39, 0.29) is 0 Å². The topological polar surface area (TPSA) is 33.0 Å². The number of benzene rings is 1. The summed E-state index contributed by atoms with van der Waals surface area (Å²) in [6, 6.07) is 9.04. The van der Waals surface area contributed by atoms with Crippen molar-refractivity contribution in [1.29, 1.82) is 5.26 Å². The van der Waals surface area contributed by atoms with Crippen molar-refractivity contribution in [2.45, 2.75) is 6.61 Å². The normalized spacial score (nSPS) is 9.75. The molecule has 0 aliphatic carbocycles. The number of hydrogen-bond acceptors (Lipinski definition) is 3. The van der Waals surface area contributed by atoms with Crippen LogP contribution in [-0.4, -0.2) is 0 Å². The number of halogens is 1. The van der Waals surface area contributed by atoms with Crippen molar-refractivity contribution in [1.82, 2.24) is 0 Å². The van der Waals surface area contributed by atoms with Crippen LogP contribution in [0.4, 0.5) is 0 Å². The highest BCUT2D eigenvalue weighted by atomic mass is 35.5. The van der Waals surface area contributed by atoms with Gasteiger partial charge in [0.2, 0.25) is 0 Å². The van der Waals surface area contributed by atoms with Crippen molar-refractivity contribution < 1.29 is 4.74 Å². The largest absolute Gasteiger partial charge is 0.487 e. The summed E-state index contributed by atoms with van der Waals surface area (Å²) in [5.41, 5.74) is 1.65. The minimum atomic E-state index is 0.467. The van der Waals surface area contributed by atoms with E-state index in [0.29, 0.717) is 22.9 Å². The van der Waals surface area contributed by atoms with Gasteiger partial charge in [-0.1, -0.05) is 11.6 Å². The number of hydrogen-bond donors (Lipinski definition) is 0. The number of nitriles is 1. The molecule has 2 nitrogen and oxygen atoms in total. The van der Waals surface area contributed by atoms with Gasteiger partial charge in [0.1, 0.15) is 12.4 Å². The molecule has 0 saturated heterocycles. The second-order valence-electron chi connectivity index (χ2n) is 3.18. The number of thiophene rings is 1. The zero-order valence-electron chi connectivity index (χ0n) is 8.31. The molecule has 16 heavy (non-hydrogen) atoms. The van der Waals surface area contributed by atoms with E-state index < -0.39 is 0 Å². The smallest absolute Gasteiger partial charge is 0.138 e. The van der Waals surface area contributed by atoms with Crippen molar-refractivity contribution in [3.8, 4) is 11.8 Å². The minimum absolute atomic E-state index is 0.467. The second-order valence-corrected chi connectivity index (χ2v) is 4.36. The summed E-state index contributed by atoms with van der Waals surface area (Å²) in [6.45, 7) is 0.495. The fraction of sp³-hybridized carbons (Fsp3) is 0.0833. The lowest BCUT2D eigenvalue weighted by molar-refractivity contribution is 0.307. The third kappa shape index (κ3) is 2.54. The van der Waals surface area contributed by atoms with Crippen LogP contribution in [0.25, 0.3) is 0 Å². The van der Waals surface area contributed by atoms with Crippen molar-refractivity contribution in [3.05, 3.63) is 51.2 Å². The van der Waals surface area contributed by atoms with Crippen LogP contribution in [0, 0.1) is 11.3 Å². The Bertz CT molecular complexity index is 516. The number of nitrogens with zero attached hydrogens (tertiary/aromatic N) is 1. The molecule has 0 unspecified atom stereocenters. The molecule has 0 radical (unpaired) electrons. The predicted molar refractivity (Wildman–Crippen MR) is 64.8 cm³/mol. The lowest BCUT2D eigenvalue weighted by atomic mass is 10.2. The van der Waals surface area contributed by atoms with Gasteiger partial charge in [0.05, 0.1) is 16.7 Å². The molecule has 0 fully saturated rings. The first-order valence-electron chi connectivity index (χ1n) is 4.63. The van der Waals surface area contributed by atoms with Gasteiger partial charge in [0.15, 0.2) is 0 Å². The summed E-state index contributed by atoms with van der Waals surface area (Å²) in [5.74, 6) is 0.604. The van der Waals surface area contributed by atoms with Gasteiger partial charge in [0.25, 0.3) is 0 Å². The molecule has 1 heterocycles. The molecule has 2 rings (SSSR count). The Kier molecular flexibility index (Phi) is 3.45. The summed E-state index contributed by atoms with van der Waals surface area (Å²) in [5, 5.41) is 13.2. The highest BCUT2D eigenvalue weighted by Crippen LogP contribution is 2.26. The fourth-order valence-electron chi connectivity index (χ4n) is 1.22. The SMILES string of the molecule is N#Cc1ccc(OCc2ccsc2)c(Cl)c1. The van der Waals surface area contributed by atoms with Gasteiger partial charge in [-0.05, 0) is 40.6 Å². The van der Waals surface area contributed by atoms with Gasteiger partial charge in [-0.25, -0.2) is 0 Å². The summed E-state index contributed by atoms with van der Waals surface area (Å²) in [7, 11) is 0. The molecule has 0 spiro atoms.